The molecule has 1 N–H and O–H groups in total. The Labute approximate surface area is 102 Å². The summed E-state index contributed by atoms with van der Waals surface area (Å²) in [6.07, 6.45) is 3.65. The quantitative estimate of drug-likeness (QED) is 0.467. The van der Waals surface area contributed by atoms with Crippen LogP contribution in [-0.2, 0) is 6.42 Å². The van der Waals surface area contributed by atoms with Crippen LogP contribution in [0.3, 0.4) is 0 Å². The minimum Gasteiger partial charge on any atom is -0.365 e. The molecule has 1 aromatic rings. The minimum atomic E-state index is -0.754. The van der Waals surface area contributed by atoms with E-state index >= 15 is 0 Å². The van der Waals surface area contributed by atoms with Crippen LogP contribution in [-0.4, -0.2) is 39.4 Å². The Balaban J connectivity index is 1.93. The molecule has 1 saturated heterocycles. The van der Waals surface area contributed by atoms with E-state index < -0.39 is 11.0 Å². The molecule has 0 bridgehead atoms. The lowest BCUT2D eigenvalue weighted by atomic mass is 10.2. The lowest BCUT2D eigenvalue weighted by Crippen LogP contribution is -2.23. The molecule has 0 aliphatic carbocycles. The summed E-state index contributed by atoms with van der Waals surface area (Å²) < 4.78 is 12.5. The highest BCUT2D eigenvalue weighted by Gasteiger charge is 2.18. The van der Waals surface area contributed by atoms with Crippen molar-refractivity contribution >= 4 is 0 Å². The summed E-state index contributed by atoms with van der Waals surface area (Å²) in [5, 5.41) is 13.4. The number of nitrogens with one attached hydrogen (secondary N) is 1. The molecular formula is C10H12FN5O2. The van der Waals surface area contributed by atoms with Gasteiger partial charge in [-0.3, -0.25) is 10.1 Å². The topological polar surface area (TPSA) is 84.2 Å². The summed E-state index contributed by atoms with van der Waals surface area (Å²) in [5.74, 6) is 0.503. The maximum atomic E-state index is 12.5. The molecular weight excluding hydrogens is 241 g/mol. The van der Waals surface area contributed by atoms with Crippen molar-refractivity contribution in [3.63, 3.8) is 0 Å². The Bertz CT molecular complexity index is 462. The molecule has 1 aromatic heterocycles. The van der Waals surface area contributed by atoms with Crippen molar-refractivity contribution in [2.45, 2.75) is 6.42 Å². The van der Waals surface area contributed by atoms with Gasteiger partial charge in [-0.2, -0.15) is 4.39 Å². The van der Waals surface area contributed by atoms with Gasteiger partial charge in [0.15, 0.2) is 5.82 Å². The Morgan fingerprint density at radius 1 is 1.56 bits per heavy atom. The highest BCUT2D eigenvalue weighted by atomic mass is 19.1. The average molecular weight is 253 g/mol. The Hall–Kier alpha value is -2.25. The standard InChI is InChI=1S/C10H12FN5O2/c11-10-13-5-8(6-14-10)1-3-15-4-2-12-9(15)7-16(17)18/h5-7,12H,1-4H2. The van der Waals surface area contributed by atoms with Crippen molar-refractivity contribution in [1.29, 1.82) is 0 Å². The third kappa shape index (κ3) is 3.12. The fourth-order valence-corrected chi connectivity index (χ4v) is 1.74. The largest absolute Gasteiger partial charge is 0.365 e. The van der Waals surface area contributed by atoms with Gasteiger partial charge in [0, 0.05) is 32.0 Å². The van der Waals surface area contributed by atoms with E-state index in [1.165, 1.54) is 12.4 Å². The van der Waals surface area contributed by atoms with E-state index in [1.807, 2.05) is 4.90 Å². The molecule has 0 spiro atoms. The summed E-state index contributed by atoms with van der Waals surface area (Å²) in [4.78, 5) is 18.7. The van der Waals surface area contributed by atoms with Gasteiger partial charge in [0.25, 0.3) is 6.20 Å². The third-order valence-electron chi connectivity index (χ3n) is 2.60. The molecule has 7 nitrogen and oxygen atoms in total. The van der Waals surface area contributed by atoms with Gasteiger partial charge in [-0.25, -0.2) is 9.97 Å². The zero-order valence-corrected chi connectivity index (χ0v) is 9.54. The molecule has 2 heterocycles. The van der Waals surface area contributed by atoms with Gasteiger partial charge in [0.2, 0.25) is 0 Å². The number of rotatable bonds is 4. The molecule has 1 aliphatic rings. The number of hydrogen-bond donors (Lipinski definition) is 1. The summed E-state index contributed by atoms with van der Waals surface area (Å²) in [6, 6.07) is 0. The first-order valence-corrected chi connectivity index (χ1v) is 5.46. The van der Waals surface area contributed by atoms with Crippen molar-refractivity contribution in [1.82, 2.24) is 20.2 Å². The smallest absolute Gasteiger partial charge is 0.308 e. The normalized spacial score (nSPS) is 16.9. The summed E-state index contributed by atoms with van der Waals surface area (Å²) in [7, 11) is 0. The number of hydrogen-bond acceptors (Lipinski definition) is 6. The van der Waals surface area contributed by atoms with Gasteiger partial charge in [0.05, 0.1) is 4.92 Å². The molecule has 0 aromatic carbocycles. The molecule has 0 atom stereocenters. The fourth-order valence-electron chi connectivity index (χ4n) is 1.74. The minimum absolute atomic E-state index is 0.484. The maximum absolute atomic E-state index is 12.5. The second kappa shape index (κ2) is 5.39. The number of nitrogens with zero attached hydrogens (tertiary/aromatic N) is 4. The van der Waals surface area contributed by atoms with E-state index in [0.29, 0.717) is 31.9 Å². The van der Waals surface area contributed by atoms with Crippen LogP contribution in [0, 0.1) is 16.2 Å². The van der Waals surface area contributed by atoms with E-state index in [2.05, 4.69) is 15.3 Å². The summed E-state index contributed by atoms with van der Waals surface area (Å²) >= 11 is 0. The van der Waals surface area contributed by atoms with E-state index in [1.54, 1.807) is 0 Å². The molecule has 96 valence electrons. The average Bonchev–Trinajstić information content (AvgIpc) is 2.75. The van der Waals surface area contributed by atoms with Gasteiger partial charge in [0.1, 0.15) is 0 Å². The second-order valence-electron chi connectivity index (χ2n) is 3.82. The van der Waals surface area contributed by atoms with Crippen molar-refractivity contribution in [3.05, 3.63) is 46.2 Å². The molecule has 0 radical (unpaired) electrons. The number of halogens is 1. The van der Waals surface area contributed by atoms with Crippen LogP contribution in [0.2, 0.25) is 0 Å². The Morgan fingerprint density at radius 2 is 2.28 bits per heavy atom. The summed E-state index contributed by atoms with van der Waals surface area (Å²) in [5.41, 5.74) is 0.795. The van der Waals surface area contributed by atoms with Crippen molar-refractivity contribution in [2.24, 2.45) is 0 Å². The lowest BCUT2D eigenvalue weighted by Gasteiger charge is -2.16. The van der Waals surface area contributed by atoms with Gasteiger partial charge in [-0.15, -0.1) is 0 Å². The number of nitro groups is 1. The van der Waals surface area contributed by atoms with Crippen molar-refractivity contribution < 1.29 is 9.31 Å². The molecule has 0 amide bonds. The van der Waals surface area contributed by atoms with Gasteiger partial charge in [-0.05, 0) is 12.0 Å². The zero-order valence-electron chi connectivity index (χ0n) is 9.54. The molecule has 0 unspecified atom stereocenters. The van der Waals surface area contributed by atoms with E-state index in [-0.39, 0.29) is 0 Å². The molecule has 1 aliphatic heterocycles. The summed E-state index contributed by atoms with van der Waals surface area (Å²) in [6.45, 7) is 1.99. The zero-order chi connectivity index (χ0) is 13.0. The predicted octanol–water partition coefficient (Wildman–Crippen LogP) is 0.139. The van der Waals surface area contributed by atoms with E-state index in [4.69, 9.17) is 0 Å². The molecule has 18 heavy (non-hydrogen) atoms. The van der Waals surface area contributed by atoms with Crippen LogP contribution in [0.5, 0.6) is 0 Å². The monoisotopic (exact) mass is 253 g/mol. The Morgan fingerprint density at radius 3 is 2.94 bits per heavy atom. The highest BCUT2D eigenvalue weighted by molar-refractivity contribution is 5.06. The maximum Gasteiger partial charge on any atom is 0.308 e. The SMILES string of the molecule is O=[N+]([O-])C=C1NCCN1CCc1cnc(F)nc1. The first kappa shape index (κ1) is 12.2. The third-order valence-corrected chi connectivity index (χ3v) is 2.60. The lowest BCUT2D eigenvalue weighted by molar-refractivity contribution is -0.404. The molecule has 1 fully saturated rings. The Kier molecular flexibility index (Phi) is 3.66. The molecule has 0 saturated carbocycles. The fraction of sp³-hybridized carbons (Fsp3) is 0.400. The van der Waals surface area contributed by atoms with Gasteiger partial charge >= 0.3 is 6.08 Å². The van der Waals surface area contributed by atoms with Crippen molar-refractivity contribution in [3.8, 4) is 0 Å². The highest BCUT2D eigenvalue weighted by Crippen LogP contribution is 2.08. The first-order valence-electron chi connectivity index (χ1n) is 5.46. The molecule has 8 heteroatoms. The van der Waals surface area contributed by atoms with Crippen LogP contribution in [0.1, 0.15) is 5.56 Å². The molecule has 2 rings (SSSR count). The number of aromatic nitrogens is 2. The predicted molar refractivity (Wildman–Crippen MR) is 60.3 cm³/mol. The van der Waals surface area contributed by atoms with Crippen LogP contribution < -0.4 is 5.32 Å². The van der Waals surface area contributed by atoms with Crippen LogP contribution in [0.25, 0.3) is 0 Å². The van der Waals surface area contributed by atoms with Crippen molar-refractivity contribution in [2.75, 3.05) is 19.6 Å². The van der Waals surface area contributed by atoms with E-state index in [0.717, 1.165) is 11.8 Å². The van der Waals surface area contributed by atoms with Crippen LogP contribution in [0.15, 0.2) is 24.4 Å². The van der Waals surface area contributed by atoms with Crippen LogP contribution in [0.4, 0.5) is 4.39 Å². The second-order valence-corrected chi connectivity index (χ2v) is 3.82. The van der Waals surface area contributed by atoms with Gasteiger partial charge < -0.3 is 10.2 Å². The van der Waals surface area contributed by atoms with E-state index in [9.17, 15) is 14.5 Å². The first-order chi connectivity index (χ1) is 8.65. The van der Waals surface area contributed by atoms with Gasteiger partial charge in [-0.1, -0.05) is 0 Å². The van der Waals surface area contributed by atoms with Crippen LogP contribution >= 0.6 is 0 Å².